The van der Waals surface area contributed by atoms with E-state index < -0.39 is 58.3 Å². The molecule has 0 radical (unpaired) electrons. The Labute approximate surface area is 523 Å². The summed E-state index contributed by atoms with van der Waals surface area (Å²) in [6, 6.07) is 15.9. The van der Waals surface area contributed by atoms with E-state index in [0.29, 0.717) is 104 Å². The van der Waals surface area contributed by atoms with Crippen LogP contribution in [0.15, 0.2) is 58.1 Å². The van der Waals surface area contributed by atoms with Gasteiger partial charge in [0, 0.05) is 59.2 Å². The second-order valence-corrected chi connectivity index (χ2v) is 26.0. The van der Waals surface area contributed by atoms with E-state index in [1.165, 1.54) is 11.1 Å². The number of fused-ring (bicyclic) bond motifs is 10. The molecule has 0 aliphatic carbocycles. The van der Waals surface area contributed by atoms with Gasteiger partial charge >= 0.3 is 36.1 Å². The van der Waals surface area contributed by atoms with Crippen molar-refractivity contribution in [2.75, 3.05) is 26.2 Å². The number of rotatable bonds is 7. The molecule has 6 aliphatic rings. The lowest BCUT2D eigenvalue weighted by Crippen LogP contribution is -2.49. The number of piperidine rings is 2. The molecule has 6 aromatic rings. The zero-order chi connectivity index (χ0) is 64.4. The molecule has 12 rings (SSSR count). The summed E-state index contributed by atoms with van der Waals surface area (Å²) < 4.78 is 30.8. The number of carbonyl (C=O) groups is 6. The Balaban J connectivity index is 0.000000179. The minimum atomic E-state index is -1.80. The van der Waals surface area contributed by atoms with Crippen molar-refractivity contribution >= 4 is 57.9 Å². The van der Waals surface area contributed by atoms with E-state index in [1.807, 2.05) is 72.7 Å². The van der Waals surface area contributed by atoms with Crippen molar-refractivity contribution in [2.24, 2.45) is 11.8 Å². The Morgan fingerprint density at radius 1 is 0.600 bits per heavy atom. The molecule has 21 heteroatoms. The quantitative estimate of drug-likeness (QED) is 0.111. The summed E-state index contributed by atoms with van der Waals surface area (Å²) >= 11 is 0. The molecule has 2 saturated heterocycles. The van der Waals surface area contributed by atoms with Gasteiger partial charge in [-0.2, -0.15) is 0 Å². The van der Waals surface area contributed by atoms with Crippen LogP contribution in [0, 0.1) is 25.7 Å². The van der Waals surface area contributed by atoms with Gasteiger partial charge in [0.15, 0.2) is 5.60 Å². The van der Waals surface area contributed by atoms with Crippen LogP contribution in [-0.2, 0) is 93.2 Å². The molecule has 2 N–H and O–H groups in total. The predicted molar refractivity (Wildman–Crippen MR) is 337 cm³/mol. The number of aryl methyl sites for hydroxylation is 4. The first kappa shape index (κ1) is 66.0. The van der Waals surface area contributed by atoms with E-state index >= 15 is 0 Å². The molecule has 2 fully saturated rings. The standard InChI is InChI=1S/C34H39N3O7.C23H22N2O4.C11H19NO4.CH4/c1-7-21-22-15-19(3)9-10-26(22)35-28-23(21)17-37-27(28)16-25-24(29(37)38)18-42-31(40)34(25,8-2)43-30(39)20-11-13-36(14-12-20)32(41)44-33(4,5)6;1-4-13-14-8-12(3)6-7-18(14)24-20-15(13)10-25-19(20)9-17-16(21(25)26)11-29-22(27)23(17,28)5-2;1-11(2,3)16-10(15)12-6-4-8(5-7-12)9(13)14;/h9-10,15-16,20H,7-8,11-14,17-18H2,1-6H3;6-9,28H,4-5,10-11H2,1-3H3;8H,4-7H2,1-3H3,(H,13,14);1H4. The van der Waals surface area contributed by atoms with Crippen molar-refractivity contribution in [3.05, 3.63) is 125 Å². The van der Waals surface area contributed by atoms with Gasteiger partial charge in [0.2, 0.25) is 5.60 Å². The second kappa shape index (κ2) is 25.1. The fraction of sp³-hybridized carbons (Fsp3) is 0.507. The highest BCUT2D eigenvalue weighted by Crippen LogP contribution is 2.44. The monoisotopic (exact) mass is 1240 g/mol. The lowest BCUT2D eigenvalue weighted by molar-refractivity contribution is -0.192. The average molecular weight is 1240 g/mol. The van der Waals surface area contributed by atoms with Crippen LogP contribution in [0.3, 0.4) is 0 Å². The van der Waals surface area contributed by atoms with Crippen LogP contribution >= 0.6 is 0 Å². The van der Waals surface area contributed by atoms with Gasteiger partial charge in [0.1, 0.15) is 24.4 Å². The van der Waals surface area contributed by atoms with Crippen LogP contribution in [0.25, 0.3) is 44.6 Å². The van der Waals surface area contributed by atoms with Gasteiger partial charge in [-0.05, 0) is 154 Å². The number of ether oxygens (including phenoxy) is 5. The number of carboxylic acid groups (broad SMARTS) is 1. The molecule has 21 nitrogen and oxygen atoms in total. The number of likely N-dealkylation sites (tertiary alicyclic amines) is 2. The Bertz CT molecular complexity index is 4020. The van der Waals surface area contributed by atoms with Crippen molar-refractivity contribution < 1.29 is 62.7 Å². The maximum atomic E-state index is 14.0. The van der Waals surface area contributed by atoms with Crippen molar-refractivity contribution in [3.8, 4) is 22.8 Å². The molecule has 0 saturated carbocycles. The lowest BCUT2D eigenvalue weighted by Gasteiger charge is -2.38. The third kappa shape index (κ3) is 12.2. The summed E-state index contributed by atoms with van der Waals surface area (Å²) in [6.45, 7) is 24.7. The van der Waals surface area contributed by atoms with Crippen LogP contribution in [0.4, 0.5) is 9.59 Å². The summed E-state index contributed by atoms with van der Waals surface area (Å²) in [5.41, 5.74) is 7.34. The van der Waals surface area contributed by atoms with Gasteiger partial charge in [-0.1, -0.05) is 58.4 Å². The number of pyridine rings is 4. The maximum Gasteiger partial charge on any atom is 0.410 e. The first-order valence-corrected chi connectivity index (χ1v) is 30.9. The topological polar surface area (TPSA) is 265 Å². The number of carbonyl (C=O) groups excluding carboxylic acids is 5. The van der Waals surface area contributed by atoms with E-state index in [1.54, 1.807) is 44.9 Å². The summed E-state index contributed by atoms with van der Waals surface area (Å²) in [4.78, 5) is 114. The third-order valence-corrected chi connectivity index (χ3v) is 17.8. The first-order chi connectivity index (χ1) is 42.0. The van der Waals surface area contributed by atoms with E-state index in [-0.39, 0.29) is 56.6 Å². The van der Waals surface area contributed by atoms with Crippen LogP contribution in [-0.4, -0.2) is 113 Å². The van der Waals surface area contributed by atoms with Gasteiger partial charge in [0.25, 0.3) is 11.1 Å². The van der Waals surface area contributed by atoms with Crippen molar-refractivity contribution in [2.45, 2.75) is 191 Å². The molecule has 2 atom stereocenters. The Kier molecular flexibility index (Phi) is 18.4. The number of nitrogens with zero attached hydrogens (tertiary/aromatic N) is 6. The molecule has 4 aromatic heterocycles. The van der Waals surface area contributed by atoms with Crippen LogP contribution in [0.1, 0.15) is 171 Å². The normalized spacial score (nSPS) is 19.2. The molecule has 10 heterocycles. The van der Waals surface area contributed by atoms with Gasteiger partial charge in [-0.15, -0.1) is 0 Å². The van der Waals surface area contributed by atoms with E-state index in [2.05, 4.69) is 32.9 Å². The zero-order valence-electron chi connectivity index (χ0n) is 53.0. The SMILES string of the molecule is C.CC(C)(C)OC(=O)N1CCC(C(=O)O)CC1.CCc1c2c(nc3ccc(C)cc13)-c1cc3c(c(=O)n1C2)COC(=O)C3(CC)OC(=O)C1CCN(C(=O)OC(C)(C)C)CC1.CCc1c2c(nc3ccc(C)cc13)-c1cc3c(c(=O)n1C2)COC(=O)C3(O)CC. The Morgan fingerprint density at radius 3 is 1.43 bits per heavy atom. The zero-order valence-corrected chi connectivity index (χ0v) is 53.0. The number of benzene rings is 2. The summed E-state index contributed by atoms with van der Waals surface area (Å²) in [5.74, 6) is -3.55. The highest BCUT2D eigenvalue weighted by molar-refractivity contribution is 5.92. The second-order valence-electron chi connectivity index (χ2n) is 26.0. The molecule has 0 spiro atoms. The molecule has 2 amide bonds. The minimum absolute atomic E-state index is 0. The number of amides is 2. The number of hydrogen-bond acceptors (Lipinski definition) is 16. The fourth-order valence-corrected chi connectivity index (χ4v) is 13.0. The minimum Gasteiger partial charge on any atom is -0.481 e. The molecule has 0 bridgehead atoms. The number of aromatic nitrogens is 4. The van der Waals surface area contributed by atoms with Gasteiger partial charge in [-0.3, -0.25) is 19.2 Å². The highest BCUT2D eigenvalue weighted by Gasteiger charge is 2.52. The number of carboxylic acids is 1. The predicted octanol–water partition coefficient (Wildman–Crippen LogP) is 10.5. The van der Waals surface area contributed by atoms with Gasteiger partial charge in [0.05, 0.1) is 69.9 Å². The molecular formula is C69H84N6O15. The smallest absolute Gasteiger partial charge is 0.410 e. The largest absolute Gasteiger partial charge is 0.481 e. The third-order valence-electron chi connectivity index (χ3n) is 17.8. The van der Waals surface area contributed by atoms with Gasteiger partial charge in [-0.25, -0.2) is 29.1 Å². The van der Waals surface area contributed by atoms with Crippen LogP contribution in [0.2, 0.25) is 0 Å². The number of esters is 3. The molecule has 90 heavy (non-hydrogen) atoms. The number of aliphatic hydroxyl groups is 1. The fourth-order valence-electron chi connectivity index (χ4n) is 13.0. The lowest BCUT2D eigenvalue weighted by atomic mass is 9.85. The molecule has 2 unspecified atom stereocenters. The summed E-state index contributed by atoms with van der Waals surface area (Å²) in [6.07, 6.45) is 2.83. The van der Waals surface area contributed by atoms with Gasteiger partial charge < -0.3 is 52.8 Å². The number of aliphatic carboxylic acids is 1. The number of cyclic esters (lactones) is 2. The Morgan fingerprint density at radius 2 is 1.02 bits per heavy atom. The summed E-state index contributed by atoms with van der Waals surface area (Å²) in [5, 5.41) is 22.0. The van der Waals surface area contributed by atoms with E-state index in [4.69, 9.17) is 38.8 Å². The van der Waals surface area contributed by atoms with Crippen molar-refractivity contribution in [1.29, 1.82) is 0 Å². The maximum absolute atomic E-state index is 14.0. The van der Waals surface area contributed by atoms with Crippen molar-refractivity contribution in [3.63, 3.8) is 0 Å². The Hall–Kier alpha value is -8.46. The van der Waals surface area contributed by atoms with Crippen LogP contribution in [0.5, 0.6) is 0 Å². The van der Waals surface area contributed by atoms with E-state index in [9.17, 15) is 43.5 Å². The number of hydrogen-bond donors (Lipinski definition) is 2. The summed E-state index contributed by atoms with van der Waals surface area (Å²) in [7, 11) is 0. The molecular weight excluding hydrogens is 1150 g/mol. The van der Waals surface area contributed by atoms with Crippen LogP contribution < -0.4 is 11.1 Å². The molecule has 2 aromatic carbocycles. The first-order valence-electron chi connectivity index (χ1n) is 30.9. The van der Waals surface area contributed by atoms with E-state index in [0.717, 1.165) is 62.6 Å². The highest BCUT2D eigenvalue weighted by atomic mass is 16.6. The molecule has 6 aliphatic heterocycles. The molecule has 480 valence electrons. The van der Waals surface area contributed by atoms with Crippen molar-refractivity contribution in [1.82, 2.24) is 28.9 Å². The average Bonchev–Trinajstić information content (AvgIpc) is 1.51.